The number of carbonyl (C=O) groups excluding carboxylic acids is 1. The summed E-state index contributed by atoms with van der Waals surface area (Å²) in [5, 5.41) is 12.6. The third kappa shape index (κ3) is 3.69. The summed E-state index contributed by atoms with van der Waals surface area (Å²) in [6.45, 7) is 0.759. The van der Waals surface area contributed by atoms with Crippen LogP contribution in [0, 0.1) is 11.8 Å². The van der Waals surface area contributed by atoms with E-state index in [2.05, 4.69) is 5.32 Å². The first kappa shape index (κ1) is 13.8. The Bertz CT molecular complexity index is 267. The molecule has 0 bridgehead atoms. The summed E-state index contributed by atoms with van der Waals surface area (Å²) >= 11 is 0. The second-order valence-corrected chi connectivity index (χ2v) is 5.97. The van der Waals surface area contributed by atoms with Gasteiger partial charge in [-0.3, -0.25) is 4.79 Å². The molecule has 18 heavy (non-hydrogen) atoms. The van der Waals surface area contributed by atoms with Crippen molar-refractivity contribution in [1.29, 1.82) is 0 Å². The zero-order valence-electron chi connectivity index (χ0n) is 11.1. The third-order valence-corrected chi connectivity index (χ3v) is 4.59. The normalized spacial score (nSPS) is 37.2. The highest BCUT2D eigenvalue weighted by molar-refractivity contribution is 5.79. The lowest BCUT2D eigenvalue weighted by molar-refractivity contribution is -0.127. The Morgan fingerprint density at radius 3 is 2.22 bits per heavy atom. The maximum Gasteiger partial charge on any atom is 0.223 e. The molecule has 2 aliphatic rings. The van der Waals surface area contributed by atoms with Crippen molar-refractivity contribution in [2.75, 3.05) is 6.54 Å². The molecule has 0 aromatic heterocycles. The van der Waals surface area contributed by atoms with Crippen molar-refractivity contribution < 1.29 is 9.90 Å². The standard InChI is InChI=1S/C14H26N2O2/c15-9-10-1-3-11(4-2-10)14(18)16-12-5-7-13(17)8-6-12/h10-13,17H,1-9,15H2,(H,16,18). The summed E-state index contributed by atoms with van der Waals surface area (Å²) in [5.74, 6) is 1.05. The molecule has 0 saturated heterocycles. The van der Waals surface area contributed by atoms with Gasteiger partial charge in [-0.25, -0.2) is 0 Å². The minimum Gasteiger partial charge on any atom is -0.393 e. The zero-order valence-corrected chi connectivity index (χ0v) is 11.1. The van der Waals surface area contributed by atoms with Gasteiger partial charge in [0.05, 0.1) is 6.10 Å². The molecule has 0 aromatic carbocycles. The van der Waals surface area contributed by atoms with Gasteiger partial charge in [0.2, 0.25) is 5.91 Å². The fourth-order valence-corrected chi connectivity index (χ4v) is 3.20. The Labute approximate surface area is 109 Å². The SMILES string of the molecule is NCC1CCC(C(=O)NC2CCC(O)CC2)CC1. The van der Waals surface area contributed by atoms with Crippen LogP contribution >= 0.6 is 0 Å². The number of hydrogen-bond acceptors (Lipinski definition) is 3. The van der Waals surface area contributed by atoms with Crippen LogP contribution in [0.5, 0.6) is 0 Å². The molecule has 4 N–H and O–H groups in total. The average molecular weight is 254 g/mol. The molecule has 0 spiro atoms. The van der Waals surface area contributed by atoms with Crippen molar-refractivity contribution in [3.05, 3.63) is 0 Å². The van der Waals surface area contributed by atoms with Gasteiger partial charge in [-0.2, -0.15) is 0 Å². The molecular weight excluding hydrogens is 228 g/mol. The number of amides is 1. The Morgan fingerprint density at radius 1 is 1.06 bits per heavy atom. The van der Waals surface area contributed by atoms with Gasteiger partial charge in [-0.05, 0) is 63.8 Å². The summed E-state index contributed by atoms with van der Waals surface area (Å²) in [4.78, 5) is 12.1. The number of aliphatic hydroxyl groups is 1. The van der Waals surface area contributed by atoms with E-state index in [9.17, 15) is 9.90 Å². The minimum atomic E-state index is -0.154. The first-order chi connectivity index (χ1) is 8.69. The molecule has 4 heteroatoms. The van der Waals surface area contributed by atoms with E-state index in [1.807, 2.05) is 0 Å². The summed E-state index contributed by atoms with van der Waals surface area (Å²) < 4.78 is 0. The lowest BCUT2D eigenvalue weighted by Gasteiger charge is -2.30. The number of carbonyl (C=O) groups is 1. The van der Waals surface area contributed by atoms with Crippen LogP contribution in [0.1, 0.15) is 51.4 Å². The van der Waals surface area contributed by atoms with Crippen molar-refractivity contribution in [1.82, 2.24) is 5.32 Å². The average Bonchev–Trinajstić information content (AvgIpc) is 2.41. The summed E-state index contributed by atoms with van der Waals surface area (Å²) in [5.41, 5.74) is 5.66. The predicted octanol–water partition coefficient (Wildman–Crippen LogP) is 1.17. The van der Waals surface area contributed by atoms with Crippen LogP contribution in [0.15, 0.2) is 0 Å². The highest BCUT2D eigenvalue weighted by Gasteiger charge is 2.28. The van der Waals surface area contributed by atoms with Gasteiger partial charge >= 0.3 is 0 Å². The van der Waals surface area contributed by atoms with Crippen molar-refractivity contribution in [3.8, 4) is 0 Å². The van der Waals surface area contributed by atoms with Gasteiger partial charge in [-0.15, -0.1) is 0 Å². The van der Waals surface area contributed by atoms with E-state index in [0.717, 1.165) is 57.9 Å². The van der Waals surface area contributed by atoms with Crippen molar-refractivity contribution in [3.63, 3.8) is 0 Å². The first-order valence-electron chi connectivity index (χ1n) is 7.37. The molecule has 2 aliphatic carbocycles. The second kappa shape index (κ2) is 6.53. The Balaban J connectivity index is 1.72. The van der Waals surface area contributed by atoms with E-state index in [0.29, 0.717) is 5.92 Å². The number of nitrogens with one attached hydrogen (secondary N) is 1. The monoisotopic (exact) mass is 254 g/mol. The minimum absolute atomic E-state index is 0.154. The molecule has 0 aliphatic heterocycles. The smallest absolute Gasteiger partial charge is 0.223 e. The van der Waals surface area contributed by atoms with Gasteiger partial charge in [0, 0.05) is 12.0 Å². The highest BCUT2D eigenvalue weighted by Crippen LogP contribution is 2.28. The zero-order chi connectivity index (χ0) is 13.0. The highest BCUT2D eigenvalue weighted by atomic mass is 16.3. The van der Waals surface area contributed by atoms with Gasteiger partial charge in [0.25, 0.3) is 0 Å². The summed E-state index contributed by atoms with van der Waals surface area (Å²) in [7, 11) is 0. The van der Waals surface area contributed by atoms with E-state index >= 15 is 0 Å². The predicted molar refractivity (Wildman–Crippen MR) is 70.9 cm³/mol. The molecule has 104 valence electrons. The maximum absolute atomic E-state index is 12.1. The lowest BCUT2D eigenvalue weighted by Crippen LogP contribution is -2.42. The molecule has 1 amide bonds. The van der Waals surface area contributed by atoms with E-state index in [4.69, 9.17) is 5.73 Å². The number of aliphatic hydroxyl groups excluding tert-OH is 1. The van der Waals surface area contributed by atoms with Crippen LogP contribution in [-0.4, -0.2) is 29.7 Å². The van der Waals surface area contributed by atoms with Gasteiger partial charge < -0.3 is 16.2 Å². The molecule has 0 heterocycles. The maximum atomic E-state index is 12.1. The second-order valence-electron chi connectivity index (χ2n) is 5.97. The van der Waals surface area contributed by atoms with E-state index < -0.39 is 0 Å². The topological polar surface area (TPSA) is 75.4 Å². The van der Waals surface area contributed by atoms with Crippen LogP contribution in [0.4, 0.5) is 0 Å². The number of nitrogens with two attached hydrogens (primary N) is 1. The molecule has 0 radical (unpaired) electrons. The molecule has 4 nitrogen and oxygen atoms in total. The number of hydrogen-bond donors (Lipinski definition) is 3. The van der Waals surface area contributed by atoms with Gasteiger partial charge in [0.1, 0.15) is 0 Å². The van der Waals surface area contributed by atoms with Crippen LogP contribution < -0.4 is 11.1 Å². The van der Waals surface area contributed by atoms with Gasteiger partial charge in [-0.1, -0.05) is 0 Å². The van der Waals surface area contributed by atoms with Crippen LogP contribution in [-0.2, 0) is 4.79 Å². The molecule has 0 aromatic rings. The summed E-state index contributed by atoms with van der Waals surface area (Å²) in [6, 6.07) is 0.285. The molecule has 2 rings (SSSR count). The van der Waals surface area contributed by atoms with Crippen molar-refractivity contribution in [2.24, 2.45) is 17.6 Å². The fourth-order valence-electron chi connectivity index (χ4n) is 3.20. The molecule has 2 saturated carbocycles. The Morgan fingerprint density at radius 2 is 1.67 bits per heavy atom. The fraction of sp³-hybridized carbons (Fsp3) is 0.929. The summed E-state index contributed by atoms with van der Waals surface area (Å²) in [6.07, 6.45) is 7.51. The molecule has 0 unspecified atom stereocenters. The molecule has 0 atom stereocenters. The number of rotatable bonds is 3. The molecular formula is C14H26N2O2. The largest absolute Gasteiger partial charge is 0.393 e. The van der Waals surface area contributed by atoms with E-state index in [-0.39, 0.29) is 24.0 Å². The van der Waals surface area contributed by atoms with Crippen LogP contribution in [0.3, 0.4) is 0 Å². The van der Waals surface area contributed by atoms with Crippen LogP contribution in [0.2, 0.25) is 0 Å². The van der Waals surface area contributed by atoms with Crippen LogP contribution in [0.25, 0.3) is 0 Å². The Kier molecular flexibility index (Phi) is 5.01. The Hall–Kier alpha value is -0.610. The van der Waals surface area contributed by atoms with E-state index in [1.54, 1.807) is 0 Å². The lowest BCUT2D eigenvalue weighted by atomic mass is 9.81. The third-order valence-electron chi connectivity index (χ3n) is 4.59. The molecule has 2 fully saturated rings. The van der Waals surface area contributed by atoms with Gasteiger partial charge in [0.15, 0.2) is 0 Å². The van der Waals surface area contributed by atoms with Crippen molar-refractivity contribution in [2.45, 2.75) is 63.5 Å². The first-order valence-corrected chi connectivity index (χ1v) is 7.37. The van der Waals surface area contributed by atoms with Crippen molar-refractivity contribution >= 4 is 5.91 Å². The quantitative estimate of drug-likeness (QED) is 0.707. The van der Waals surface area contributed by atoms with E-state index in [1.165, 1.54) is 0 Å².